The molecule has 3 rings (SSSR count). The van der Waals surface area contributed by atoms with Crippen molar-refractivity contribution >= 4 is 61.5 Å². The zero-order valence-electron chi connectivity index (χ0n) is 15.3. The number of nitrogens with one attached hydrogen (secondary N) is 3. The van der Waals surface area contributed by atoms with E-state index in [0.29, 0.717) is 21.7 Å². The summed E-state index contributed by atoms with van der Waals surface area (Å²) in [7, 11) is 0. The van der Waals surface area contributed by atoms with E-state index >= 15 is 0 Å². The Labute approximate surface area is 183 Å². The van der Waals surface area contributed by atoms with Crippen molar-refractivity contribution in [3.05, 3.63) is 56.7 Å². The number of benzene rings is 1. The van der Waals surface area contributed by atoms with Crippen molar-refractivity contribution in [2.45, 2.75) is 13.5 Å². The van der Waals surface area contributed by atoms with Gasteiger partial charge >= 0.3 is 0 Å². The summed E-state index contributed by atoms with van der Waals surface area (Å²) in [5, 5.41) is 10.3. The topological polar surface area (TPSA) is 100 Å². The third-order valence-electron chi connectivity index (χ3n) is 3.70. The molecule has 0 unspecified atom stereocenters. The highest BCUT2D eigenvalue weighted by atomic mass is 79.9. The summed E-state index contributed by atoms with van der Waals surface area (Å²) in [6, 6.07) is 10.9. The number of hydrogen-bond donors (Lipinski definition) is 3. The number of amides is 3. The van der Waals surface area contributed by atoms with E-state index in [0.717, 1.165) is 15.4 Å². The summed E-state index contributed by atoms with van der Waals surface area (Å²) in [4.78, 5) is 41.7. The van der Waals surface area contributed by atoms with Crippen LogP contribution in [0.3, 0.4) is 0 Å². The van der Waals surface area contributed by atoms with Gasteiger partial charge in [0.2, 0.25) is 11.8 Å². The first-order valence-corrected chi connectivity index (χ1v) is 11.0. The Morgan fingerprint density at radius 3 is 2.66 bits per heavy atom. The van der Waals surface area contributed by atoms with Crippen molar-refractivity contribution in [3.8, 4) is 10.6 Å². The summed E-state index contributed by atoms with van der Waals surface area (Å²) in [6.45, 7) is 1.80. The molecule has 0 atom stereocenters. The van der Waals surface area contributed by atoms with Crippen LogP contribution >= 0.6 is 38.6 Å². The van der Waals surface area contributed by atoms with Gasteiger partial charge in [-0.3, -0.25) is 14.4 Å². The van der Waals surface area contributed by atoms with Crippen molar-refractivity contribution in [2.24, 2.45) is 0 Å². The fourth-order valence-electron chi connectivity index (χ4n) is 2.33. The minimum absolute atomic E-state index is 0.0784. The second-order valence-electron chi connectivity index (χ2n) is 5.92. The normalized spacial score (nSPS) is 10.4. The van der Waals surface area contributed by atoms with E-state index in [-0.39, 0.29) is 24.3 Å². The predicted octanol–water partition coefficient (Wildman–Crippen LogP) is 3.64. The first kappa shape index (κ1) is 21.2. The van der Waals surface area contributed by atoms with Crippen LogP contribution in [0.15, 0.2) is 46.3 Å². The van der Waals surface area contributed by atoms with Crippen LogP contribution < -0.4 is 16.0 Å². The Morgan fingerprint density at radius 2 is 1.90 bits per heavy atom. The molecule has 10 heteroatoms. The van der Waals surface area contributed by atoms with E-state index in [1.807, 2.05) is 23.6 Å². The molecular weight excluding hydrogens is 476 g/mol. The molecule has 0 spiro atoms. The van der Waals surface area contributed by atoms with E-state index in [4.69, 9.17) is 0 Å². The lowest BCUT2D eigenvalue weighted by atomic mass is 10.2. The zero-order chi connectivity index (χ0) is 20.8. The summed E-state index contributed by atoms with van der Waals surface area (Å²) < 4.78 is 0.663. The van der Waals surface area contributed by atoms with Gasteiger partial charge in [-0.1, -0.05) is 12.1 Å². The highest BCUT2D eigenvalue weighted by molar-refractivity contribution is 9.10. The number of hydrogen-bond acceptors (Lipinski definition) is 6. The molecule has 3 amide bonds. The van der Waals surface area contributed by atoms with Crippen molar-refractivity contribution in [3.63, 3.8) is 0 Å². The molecule has 0 bridgehead atoms. The maximum Gasteiger partial charge on any atom is 0.252 e. The number of anilines is 1. The number of aromatic nitrogens is 1. The van der Waals surface area contributed by atoms with E-state index in [1.54, 1.807) is 18.2 Å². The van der Waals surface area contributed by atoms with Gasteiger partial charge in [-0.25, -0.2) is 4.98 Å². The Kier molecular flexibility index (Phi) is 7.13. The van der Waals surface area contributed by atoms with Gasteiger partial charge in [0, 0.05) is 21.7 Å². The lowest BCUT2D eigenvalue weighted by molar-refractivity contribution is -0.119. The van der Waals surface area contributed by atoms with Gasteiger partial charge in [0.15, 0.2) is 5.13 Å². The van der Waals surface area contributed by atoms with Crippen LogP contribution in [0.4, 0.5) is 5.13 Å². The molecule has 7 nitrogen and oxygen atoms in total. The third kappa shape index (κ3) is 5.96. The fraction of sp³-hybridized carbons (Fsp3) is 0.158. The average molecular weight is 493 g/mol. The van der Waals surface area contributed by atoms with Crippen molar-refractivity contribution < 1.29 is 14.4 Å². The van der Waals surface area contributed by atoms with E-state index in [9.17, 15) is 14.4 Å². The summed E-state index contributed by atoms with van der Waals surface area (Å²) in [6.07, 6.45) is 0. The SMILES string of the molecule is CC(=O)NCc1ccc(-c2csc(NC(=O)CNC(=O)c3ccccc3Br)n2)s1. The predicted molar refractivity (Wildman–Crippen MR) is 118 cm³/mol. The first-order chi connectivity index (χ1) is 13.9. The minimum atomic E-state index is -0.358. The Morgan fingerprint density at radius 1 is 1.10 bits per heavy atom. The number of nitrogens with zero attached hydrogens (tertiary/aromatic N) is 1. The maximum atomic E-state index is 12.2. The molecule has 0 aliphatic carbocycles. The lowest BCUT2D eigenvalue weighted by Gasteiger charge is -2.06. The molecule has 0 saturated carbocycles. The Bertz CT molecular complexity index is 1050. The van der Waals surface area contributed by atoms with Gasteiger partial charge in [0.25, 0.3) is 5.91 Å². The second kappa shape index (κ2) is 9.77. The van der Waals surface area contributed by atoms with E-state index in [1.165, 1.54) is 29.6 Å². The van der Waals surface area contributed by atoms with Gasteiger partial charge in [0.05, 0.1) is 29.2 Å². The molecule has 150 valence electrons. The van der Waals surface area contributed by atoms with Gasteiger partial charge in [-0.2, -0.15) is 0 Å². The van der Waals surface area contributed by atoms with Crippen LogP contribution in [0.25, 0.3) is 10.6 Å². The number of carbonyl (C=O) groups excluding carboxylic acids is 3. The Balaban J connectivity index is 1.53. The molecule has 0 saturated heterocycles. The van der Waals surface area contributed by atoms with Crippen molar-refractivity contribution in [1.82, 2.24) is 15.6 Å². The van der Waals surface area contributed by atoms with Crippen LogP contribution in [0.5, 0.6) is 0 Å². The number of carbonyl (C=O) groups is 3. The third-order valence-corrected chi connectivity index (χ3v) is 6.26. The molecule has 2 heterocycles. The molecule has 3 N–H and O–H groups in total. The molecule has 1 aromatic carbocycles. The summed E-state index contributed by atoms with van der Waals surface area (Å²) in [5.74, 6) is -0.771. The quantitative estimate of drug-likeness (QED) is 0.468. The monoisotopic (exact) mass is 492 g/mol. The van der Waals surface area contributed by atoms with Gasteiger partial charge in [-0.15, -0.1) is 22.7 Å². The maximum absolute atomic E-state index is 12.2. The summed E-state index contributed by atoms with van der Waals surface area (Å²) in [5.41, 5.74) is 1.21. The van der Waals surface area contributed by atoms with Gasteiger partial charge in [-0.05, 0) is 40.2 Å². The Hall–Kier alpha value is -2.56. The lowest BCUT2D eigenvalue weighted by Crippen LogP contribution is -2.33. The van der Waals surface area contributed by atoms with Crippen LogP contribution in [-0.2, 0) is 16.1 Å². The van der Waals surface area contributed by atoms with Crippen molar-refractivity contribution in [1.29, 1.82) is 0 Å². The minimum Gasteiger partial charge on any atom is -0.351 e. The van der Waals surface area contributed by atoms with Gasteiger partial charge in [0.1, 0.15) is 0 Å². The molecule has 0 aliphatic heterocycles. The molecule has 0 aliphatic rings. The average Bonchev–Trinajstić information content (AvgIpc) is 3.34. The smallest absolute Gasteiger partial charge is 0.252 e. The molecular formula is C19H17BrN4O3S2. The molecule has 0 fully saturated rings. The fourth-order valence-corrected chi connectivity index (χ4v) is 4.51. The van der Waals surface area contributed by atoms with E-state index in [2.05, 4.69) is 36.9 Å². The van der Waals surface area contributed by atoms with Crippen LogP contribution in [-0.4, -0.2) is 29.3 Å². The van der Waals surface area contributed by atoms with E-state index < -0.39 is 0 Å². The first-order valence-electron chi connectivity index (χ1n) is 8.54. The second-order valence-corrected chi connectivity index (χ2v) is 8.81. The number of thiazole rings is 1. The van der Waals surface area contributed by atoms with Crippen LogP contribution in [0, 0.1) is 0 Å². The standard InChI is InChI=1S/C19H17BrN4O3S2/c1-11(25)21-8-12-6-7-16(29-12)15-10-28-19(23-15)24-17(26)9-22-18(27)13-4-2-3-5-14(13)20/h2-7,10H,8-9H2,1H3,(H,21,25)(H,22,27)(H,23,24,26). The number of rotatable bonds is 7. The highest BCUT2D eigenvalue weighted by Gasteiger charge is 2.13. The number of halogens is 1. The molecule has 0 radical (unpaired) electrons. The van der Waals surface area contributed by atoms with Gasteiger partial charge < -0.3 is 16.0 Å². The molecule has 2 aromatic heterocycles. The summed E-state index contributed by atoms with van der Waals surface area (Å²) >= 11 is 6.15. The van der Waals surface area contributed by atoms with Crippen LogP contribution in [0.1, 0.15) is 22.2 Å². The van der Waals surface area contributed by atoms with Crippen LogP contribution in [0.2, 0.25) is 0 Å². The zero-order valence-corrected chi connectivity index (χ0v) is 18.5. The molecule has 29 heavy (non-hydrogen) atoms. The highest BCUT2D eigenvalue weighted by Crippen LogP contribution is 2.30. The molecule has 3 aromatic rings. The number of thiophene rings is 1. The van der Waals surface area contributed by atoms with Crippen molar-refractivity contribution in [2.75, 3.05) is 11.9 Å². The largest absolute Gasteiger partial charge is 0.351 e.